The number of aliphatic hydroxyl groups is 1. The maximum absolute atomic E-state index is 10.1. The van der Waals surface area contributed by atoms with E-state index in [1.165, 1.54) is 0 Å². The van der Waals surface area contributed by atoms with Crippen molar-refractivity contribution in [2.45, 2.75) is 19.1 Å². The molecule has 0 aliphatic carbocycles. The third-order valence-electron chi connectivity index (χ3n) is 2.63. The summed E-state index contributed by atoms with van der Waals surface area (Å²) < 4.78 is 0. The molecule has 0 amide bonds. The molecule has 0 saturated heterocycles. The van der Waals surface area contributed by atoms with Gasteiger partial charge in [0.15, 0.2) is 0 Å². The Morgan fingerprint density at radius 1 is 1.40 bits per heavy atom. The van der Waals surface area contributed by atoms with Crippen molar-refractivity contribution in [3.8, 4) is 12.3 Å². The second-order valence-corrected chi connectivity index (χ2v) is 3.72. The molecule has 80 valence electrons. The largest absolute Gasteiger partial charge is 0.387 e. The summed E-state index contributed by atoms with van der Waals surface area (Å²) in [5, 5.41) is 10.1. The highest BCUT2D eigenvalue weighted by Crippen LogP contribution is 2.19. The average molecular weight is 203 g/mol. The molecule has 2 nitrogen and oxygen atoms in total. The maximum atomic E-state index is 10.1. The van der Waals surface area contributed by atoms with Crippen LogP contribution in [0.15, 0.2) is 30.3 Å². The maximum Gasteiger partial charge on any atom is 0.0942 e. The molecule has 0 heterocycles. The molecule has 1 aromatic rings. The first kappa shape index (κ1) is 11.8. The Bertz CT molecular complexity index is 328. The molecule has 0 aliphatic heterocycles. The van der Waals surface area contributed by atoms with Crippen molar-refractivity contribution in [2.75, 3.05) is 13.6 Å². The van der Waals surface area contributed by atoms with Gasteiger partial charge in [-0.05, 0) is 19.5 Å². The predicted molar refractivity (Wildman–Crippen MR) is 62.3 cm³/mol. The van der Waals surface area contributed by atoms with Gasteiger partial charge in [-0.15, -0.1) is 6.42 Å². The summed E-state index contributed by atoms with van der Waals surface area (Å²) in [7, 11) is 1.91. The van der Waals surface area contributed by atoms with Crippen LogP contribution in [0.2, 0.25) is 0 Å². The van der Waals surface area contributed by atoms with Crippen LogP contribution in [0.1, 0.15) is 18.6 Å². The minimum Gasteiger partial charge on any atom is -0.387 e. The highest BCUT2D eigenvalue weighted by Gasteiger charge is 2.19. The van der Waals surface area contributed by atoms with Crippen LogP contribution in [0.25, 0.3) is 0 Å². The predicted octanol–water partition coefficient (Wildman–Crippen LogP) is 1.67. The molecular weight excluding hydrogens is 186 g/mol. The lowest BCUT2D eigenvalue weighted by molar-refractivity contribution is 0.0796. The first-order chi connectivity index (χ1) is 7.16. The van der Waals surface area contributed by atoms with E-state index in [4.69, 9.17) is 6.42 Å². The fraction of sp³-hybridized carbons (Fsp3) is 0.385. The van der Waals surface area contributed by atoms with Gasteiger partial charge in [0.1, 0.15) is 0 Å². The number of rotatable bonds is 4. The van der Waals surface area contributed by atoms with Gasteiger partial charge >= 0.3 is 0 Å². The van der Waals surface area contributed by atoms with Crippen LogP contribution in [0, 0.1) is 12.3 Å². The van der Waals surface area contributed by atoms with E-state index in [2.05, 4.69) is 5.92 Å². The van der Waals surface area contributed by atoms with Gasteiger partial charge in [-0.1, -0.05) is 36.3 Å². The topological polar surface area (TPSA) is 23.5 Å². The Morgan fingerprint density at radius 2 is 2.00 bits per heavy atom. The monoisotopic (exact) mass is 203 g/mol. The lowest BCUT2D eigenvalue weighted by Crippen LogP contribution is -2.34. The SMILES string of the molecule is C#CCN(C)C(C)C(O)c1ccccc1. The van der Waals surface area contributed by atoms with Crippen LogP contribution in [0.3, 0.4) is 0 Å². The molecule has 1 N–H and O–H groups in total. The normalized spacial score (nSPS) is 14.6. The number of nitrogens with zero attached hydrogens (tertiary/aromatic N) is 1. The Kier molecular flexibility index (Phi) is 4.36. The van der Waals surface area contributed by atoms with Gasteiger partial charge < -0.3 is 5.11 Å². The van der Waals surface area contributed by atoms with Gasteiger partial charge in [-0.25, -0.2) is 0 Å². The molecule has 1 rings (SSSR count). The summed E-state index contributed by atoms with van der Waals surface area (Å²) >= 11 is 0. The summed E-state index contributed by atoms with van der Waals surface area (Å²) in [5.41, 5.74) is 0.925. The van der Waals surface area contributed by atoms with Crippen molar-refractivity contribution in [1.29, 1.82) is 0 Å². The Morgan fingerprint density at radius 3 is 2.53 bits per heavy atom. The second-order valence-electron chi connectivity index (χ2n) is 3.72. The molecule has 0 spiro atoms. The zero-order valence-corrected chi connectivity index (χ0v) is 9.22. The van der Waals surface area contributed by atoms with Gasteiger partial charge in [-0.2, -0.15) is 0 Å². The molecule has 1 aromatic carbocycles. The van der Waals surface area contributed by atoms with Crippen LogP contribution >= 0.6 is 0 Å². The Labute approximate surface area is 91.5 Å². The number of hydrogen-bond acceptors (Lipinski definition) is 2. The molecule has 0 saturated carbocycles. The summed E-state index contributed by atoms with van der Waals surface area (Å²) in [4.78, 5) is 1.96. The smallest absolute Gasteiger partial charge is 0.0942 e. The van der Waals surface area contributed by atoms with E-state index in [0.717, 1.165) is 5.56 Å². The van der Waals surface area contributed by atoms with Crippen molar-refractivity contribution in [3.63, 3.8) is 0 Å². The van der Waals surface area contributed by atoms with Crippen molar-refractivity contribution >= 4 is 0 Å². The van der Waals surface area contributed by atoms with Crippen LogP contribution in [-0.4, -0.2) is 29.6 Å². The average Bonchev–Trinajstić information content (AvgIpc) is 2.28. The third kappa shape index (κ3) is 3.09. The van der Waals surface area contributed by atoms with E-state index < -0.39 is 6.10 Å². The number of hydrogen-bond donors (Lipinski definition) is 1. The van der Waals surface area contributed by atoms with Gasteiger partial charge in [0, 0.05) is 6.04 Å². The molecule has 0 radical (unpaired) electrons. The molecule has 15 heavy (non-hydrogen) atoms. The highest BCUT2D eigenvalue weighted by atomic mass is 16.3. The number of benzene rings is 1. The van der Waals surface area contributed by atoms with Gasteiger partial charge in [0.2, 0.25) is 0 Å². The Balaban J connectivity index is 2.69. The molecule has 2 atom stereocenters. The molecule has 2 unspecified atom stereocenters. The third-order valence-corrected chi connectivity index (χ3v) is 2.63. The molecular formula is C13H17NO. The van der Waals surface area contributed by atoms with Crippen LogP contribution < -0.4 is 0 Å². The van der Waals surface area contributed by atoms with E-state index >= 15 is 0 Å². The number of aliphatic hydroxyl groups excluding tert-OH is 1. The summed E-state index contributed by atoms with van der Waals surface area (Å²) in [6.45, 7) is 2.51. The number of terminal acetylenes is 1. The zero-order valence-electron chi connectivity index (χ0n) is 9.22. The van der Waals surface area contributed by atoms with E-state index in [0.29, 0.717) is 6.54 Å². The summed E-state index contributed by atoms with van der Waals surface area (Å²) in [6.07, 6.45) is 4.74. The van der Waals surface area contributed by atoms with Gasteiger partial charge in [-0.3, -0.25) is 4.90 Å². The standard InChI is InChI=1S/C13H17NO/c1-4-10-14(3)11(2)13(15)12-8-6-5-7-9-12/h1,5-9,11,13,15H,10H2,2-3H3. The summed E-state index contributed by atoms with van der Waals surface area (Å²) in [6, 6.07) is 9.64. The van der Waals surface area contributed by atoms with Crippen LogP contribution in [-0.2, 0) is 0 Å². The van der Waals surface area contributed by atoms with Gasteiger partial charge in [0.25, 0.3) is 0 Å². The minimum atomic E-state index is -0.496. The lowest BCUT2D eigenvalue weighted by atomic mass is 10.0. The summed E-state index contributed by atoms with van der Waals surface area (Å²) in [5.74, 6) is 2.57. The molecule has 0 fully saturated rings. The Hall–Kier alpha value is -1.30. The van der Waals surface area contributed by atoms with Crippen molar-refractivity contribution in [2.24, 2.45) is 0 Å². The van der Waals surface area contributed by atoms with Crippen LogP contribution in [0.5, 0.6) is 0 Å². The fourth-order valence-electron chi connectivity index (χ4n) is 1.46. The first-order valence-corrected chi connectivity index (χ1v) is 5.03. The highest BCUT2D eigenvalue weighted by molar-refractivity contribution is 5.18. The van der Waals surface area contributed by atoms with E-state index in [-0.39, 0.29) is 6.04 Å². The van der Waals surface area contributed by atoms with E-state index in [9.17, 15) is 5.11 Å². The van der Waals surface area contributed by atoms with Crippen molar-refractivity contribution < 1.29 is 5.11 Å². The molecule has 0 bridgehead atoms. The zero-order chi connectivity index (χ0) is 11.3. The first-order valence-electron chi connectivity index (χ1n) is 5.03. The lowest BCUT2D eigenvalue weighted by Gasteiger charge is -2.27. The molecule has 0 aliphatic rings. The van der Waals surface area contributed by atoms with E-state index in [1.54, 1.807) is 0 Å². The molecule has 2 heteroatoms. The minimum absolute atomic E-state index is 0.0171. The van der Waals surface area contributed by atoms with Crippen LogP contribution in [0.4, 0.5) is 0 Å². The van der Waals surface area contributed by atoms with Crippen molar-refractivity contribution in [1.82, 2.24) is 4.90 Å². The number of likely N-dealkylation sites (N-methyl/N-ethyl adjacent to an activating group) is 1. The van der Waals surface area contributed by atoms with Gasteiger partial charge in [0.05, 0.1) is 12.6 Å². The molecule has 0 aromatic heterocycles. The quantitative estimate of drug-likeness (QED) is 0.752. The van der Waals surface area contributed by atoms with Crippen molar-refractivity contribution in [3.05, 3.63) is 35.9 Å². The second kappa shape index (κ2) is 5.55. The fourth-order valence-corrected chi connectivity index (χ4v) is 1.46. The van der Waals surface area contributed by atoms with E-state index in [1.807, 2.05) is 49.2 Å².